The molecule has 0 radical (unpaired) electrons. The lowest BCUT2D eigenvalue weighted by atomic mass is 10.1. The van der Waals surface area contributed by atoms with E-state index in [0.29, 0.717) is 35.8 Å². The number of hydrogen-bond acceptors (Lipinski definition) is 2. The quantitative estimate of drug-likeness (QED) is 0.607. The van der Waals surface area contributed by atoms with Gasteiger partial charge in [-0.2, -0.15) is 0 Å². The smallest absolute Gasteiger partial charge is 0.191 e. The number of nitrogens with one attached hydrogen (secondary N) is 2. The molecule has 0 amide bonds. The van der Waals surface area contributed by atoms with Gasteiger partial charge in [-0.15, -0.1) is 0 Å². The van der Waals surface area contributed by atoms with E-state index < -0.39 is 0 Å². The predicted molar refractivity (Wildman–Crippen MR) is 99.6 cm³/mol. The van der Waals surface area contributed by atoms with Gasteiger partial charge in [-0.1, -0.05) is 47.5 Å². The zero-order valence-electron chi connectivity index (χ0n) is 14.1. The minimum atomic E-state index is 0.534. The van der Waals surface area contributed by atoms with Crippen LogP contribution in [0.1, 0.15) is 16.8 Å². The largest absolute Gasteiger partial charge is 0.380 e. The molecule has 0 aliphatic rings. The normalized spacial score (nSPS) is 11.6. The summed E-state index contributed by atoms with van der Waals surface area (Å²) in [6.45, 7) is 1.86. The van der Waals surface area contributed by atoms with E-state index in [-0.39, 0.29) is 0 Å². The summed E-state index contributed by atoms with van der Waals surface area (Å²) in [5.74, 6) is 0.709. The maximum atomic E-state index is 6.08. The Morgan fingerprint density at radius 1 is 1.17 bits per heavy atom. The third kappa shape index (κ3) is 4.90. The van der Waals surface area contributed by atoms with Crippen molar-refractivity contribution < 1.29 is 4.74 Å². The molecule has 0 spiro atoms. The van der Waals surface area contributed by atoms with Crippen LogP contribution in [0.4, 0.5) is 0 Å². The number of nitrogens with zero attached hydrogens (tertiary/aromatic N) is 2. The lowest BCUT2D eigenvalue weighted by molar-refractivity contribution is 0.185. The van der Waals surface area contributed by atoms with Gasteiger partial charge in [-0.3, -0.25) is 4.99 Å². The van der Waals surface area contributed by atoms with Gasteiger partial charge in [0, 0.05) is 33.4 Å². The van der Waals surface area contributed by atoms with Crippen LogP contribution in [0.15, 0.2) is 35.3 Å². The van der Waals surface area contributed by atoms with Crippen LogP contribution < -0.4 is 10.6 Å². The van der Waals surface area contributed by atoms with E-state index in [9.17, 15) is 0 Å². The van der Waals surface area contributed by atoms with Gasteiger partial charge in [0.05, 0.1) is 18.2 Å². The Hall–Kier alpha value is -1.69. The predicted octanol–water partition coefficient (Wildman–Crippen LogP) is 3.34. The van der Waals surface area contributed by atoms with Crippen molar-refractivity contribution in [2.24, 2.45) is 12.0 Å². The SMILES string of the molecule is CN=C(NCc1cccc(COC)c1)NCc1cc(Cl)c(Cl)n1C. The minimum absolute atomic E-state index is 0.534. The van der Waals surface area contributed by atoms with Crippen molar-refractivity contribution in [1.29, 1.82) is 0 Å². The van der Waals surface area contributed by atoms with Crippen molar-refractivity contribution in [3.05, 3.63) is 57.3 Å². The lowest BCUT2D eigenvalue weighted by Gasteiger charge is -2.13. The maximum absolute atomic E-state index is 6.08. The Labute approximate surface area is 152 Å². The zero-order chi connectivity index (χ0) is 17.5. The second-order valence-electron chi connectivity index (χ2n) is 5.37. The van der Waals surface area contributed by atoms with Gasteiger partial charge < -0.3 is 19.9 Å². The van der Waals surface area contributed by atoms with Gasteiger partial charge in [0.2, 0.25) is 0 Å². The van der Waals surface area contributed by atoms with Crippen molar-refractivity contribution in [2.75, 3.05) is 14.2 Å². The first-order chi connectivity index (χ1) is 11.5. The summed E-state index contributed by atoms with van der Waals surface area (Å²) in [6, 6.07) is 10.1. The molecule has 0 atom stereocenters. The van der Waals surface area contributed by atoms with Crippen LogP contribution in [0.2, 0.25) is 10.2 Å². The second-order valence-corrected chi connectivity index (χ2v) is 6.13. The molecule has 7 heteroatoms. The van der Waals surface area contributed by atoms with E-state index in [1.165, 1.54) is 0 Å². The summed E-state index contributed by atoms with van der Waals surface area (Å²) >= 11 is 12.1. The van der Waals surface area contributed by atoms with Crippen molar-refractivity contribution in [3.8, 4) is 0 Å². The topological polar surface area (TPSA) is 50.6 Å². The first kappa shape index (κ1) is 18.6. The average molecular weight is 369 g/mol. The molecule has 1 aromatic carbocycles. The number of benzene rings is 1. The number of aliphatic imine (C=N–C) groups is 1. The summed E-state index contributed by atoms with van der Waals surface area (Å²) in [4.78, 5) is 4.23. The van der Waals surface area contributed by atoms with Crippen LogP contribution >= 0.6 is 23.2 Å². The fourth-order valence-corrected chi connectivity index (χ4v) is 2.75. The molecule has 0 bridgehead atoms. The fraction of sp³-hybridized carbons (Fsp3) is 0.353. The highest BCUT2D eigenvalue weighted by atomic mass is 35.5. The number of methoxy groups -OCH3 is 1. The average Bonchev–Trinajstić information content (AvgIpc) is 2.83. The monoisotopic (exact) mass is 368 g/mol. The molecular weight excluding hydrogens is 347 g/mol. The summed E-state index contributed by atoms with van der Waals surface area (Å²) < 4.78 is 7.01. The van der Waals surface area contributed by atoms with Gasteiger partial charge in [-0.25, -0.2) is 0 Å². The van der Waals surface area contributed by atoms with Gasteiger partial charge in [0.25, 0.3) is 0 Å². The molecule has 5 nitrogen and oxygen atoms in total. The molecule has 130 valence electrons. The molecule has 2 aromatic rings. The highest BCUT2D eigenvalue weighted by Gasteiger charge is 2.09. The van der Waals surface area contributed by atoms with E-state index in [4.69, 9.17) is 27.9 Å². The second kappa shape index (κ2) is 8.97. The molecule has 0 fully saturated rings. The van der Waals surface area contributed by atoms with Crippen LogP contribution in [0.5, 0.6) is 0 Å². The van der Waals surface area contributed by atoms with Gasteiger partial charge >= 0.3 is 0 Å². The summed E-state index contributed by atoms with van der Waals surface area (Å²) in [5, 5.41) is 7.63. The Balaban J connectivity index is 1.90. The highest BCUT2D eigenvalue weighted by molar-refractivity contribution is 6.41. The summed E-state index contributed by atoms with van der Waals surface area (Å²) in [5.41, 5.74) is 3.29. The van der Waals surface area contributed by atoms with Gasteiger partial charge in [0.15, 0.2) is 5.96 Å². The van der Waals surface area contributed by atoms with Crippen LogP contribution in [-0.2, 0) is 31.5 Å². The lowest BCUT2D eigenvalue weighted by Crippen LogP contribution is -2.36. The van der Waals surface area contributed by atoms with Crippen LogP contribution in [-0.4, -0.2) is 24.7 Å². The van der Waals surface area contributed by atoms with E-state index >= 15 is 0 Å². The summed E-state index contributed by atoms with van der Waals surface area (Å²) in [7, 11) is 5.31. The summed E-state index contributed by atoms with van der Waals surface area (Å²) in [6.07, 6.45) is 0. The Bertz CT molecular complexity index is 713. The number of halogens is 2. The Morgan fingerprint density at radius 3 is 2.50 bits per heavy atom. The molecular formula is C17H22Cl2N4O. The van der Waals surface area contributed by atoms with Crippen molar-refractivity contribution in [2.45, 2.75) is 19.7 Å². The molecule has 0 unspecified atom stereocenters. The number of hydrogen-bond donors (Lipinski definition) is 2. The molecule has 24 heavy (non-hydrogen) atoms. The number of guanidine groups is 1. The number of aromatic nitrogens is 1. The molecule has 0 saturated carbocycles. The molecule has 1 aromatic heterocycles. The van der Waals surface area contributed by atoms with E-state index in [1.807, 2.05) is 29.8 Å². The van der Waals surface area contributed by atoms with Crippen LogP contribution in [0.25, 0.3) is 0 Å². The van der Waals surface area contributed by atoms with Gasteiger partial charge in [-0.05, 0) is 17.2 Å². The fourth-order valence-electron chi connectivity index (χ4n) is 2.34. The number of ether oxygens (including phenoxy) is 1. The van der Waals surface area contributed by atoms with E-state index in [1.54, 1.807) is 14.2 Å². The van der Waals surface area contributed by atoms with E-state index in [2.05, 4.69) is 27.8 Å². The first-order valence-electron chi connectivity index (χ1n) is 7.56. The van der Waals surface area contributed by atoms with Crippen molar-refractivity contribution in [1.82, 2.24) is 15.2 Å². The zero-order valence-corrected chi connectivity index (χ0v) is 15.6. The molecule has 0 aliphatic carbocycles. The molecule has 0 saturated heterocycles. The first-order valence-corrected chi connectivity index (χ1v) is 8.31. The van der Waals surface area contributed by atoms with Crippen LogP contribution in [0.3, 0.4) is 0 Å². The minimum Gasteiger partial charge on any atom is -0.380 e. The molecule has 1 heterocycles. The number of rotatable bonds is 6. The van der Waals surface area contributed by atoms with Gasteiger partial charge in [0.1, 0.15) is 5.15 Å². The standard InChI is InChI=1S/C17H22Cl2N4O/c1-20-17(22-10-14-8-15(18)16(19)23(14)2)21-9-12-5-4-6-13(7-12)11-24-3/h4-8H,9-11H2,1-3H3,(H2,20,21,22). The molecule has 2 rings (SSSR count). The van der Waals surface area contributed by atoms with Crippen molar-refractivity contribution in [3.63, 3.8) is 0 Å². The Morgan fingerprint density at radius 2 is 1.88 bits per heavy atom. The Kier molecular flexibility index (Phi) is 6.97. The third-order valence-electron chi connectivity index (χ3n) is 3.64. The van der Waals surface area contributed by atoms with Crippen LogP contribution in [0, 0.1) is 0 Å². The third-order valence-corrected chi connectivity index (χ3v) is 4.48. The van der Waals surface area contributed by atoms with E-state index in [0.717, 1.165) is 16.8 Å². The highest BCUT2D eigenvalue weighted by Crippen LogP contribution is 2.24. The molecule has 0 aliphatic heterocycles. The maximum Gasteiger partial charge on any atom is 0.191 e. The molecule has 2 N–H and O–H groups in total. The van der Waals surface area contributed by atoms with Crippen molar-refractivity contribution >= 4 is 29.2 Å².